The van der Waals surface area contributed by atoms with Crippen LogP contribution in [0.4, 0.5) is 4.39 Å². The molecule has 1 atom stereocenters. The molecule has 2 rings (SSSR count). The van der Waals surface area contributed by atoms with E-state index in [1.807, 2.05) is 0 Å². The lowest BCUT2D eigenvalue weighted by atomic mass is 10.1. The van der Waals surface area contributed by atoms with Gasteiger partial charge in [-0.05, 0) is 28.1 Å². The first-order valence-corrected chi connectivity index (χ1v) is 6.78. The smallest absolute Gasteiger partial charge is 0.124 e. The first kappa shape index (κ1) is 12.2. The molecule has 0 saturated carbocycles. The Bertz CT molecular complexity index is 517. The zero-order valence-electron chi connectivity index (χ0n) is 7.82. The Balaban J connectivity index is 2.41. The summed E-state index contributed by atoms with van der Waals surface area (Å²) in [7, 11) is 0. The summed E-state index contributed by atoms with van der Waals surface area (Å²) >= 11 is 7.82. The highest BCUT2D eigenvalue weighted by Crippen LogP contribution is 2.34. The number of aromatic nitrogens is 1. The highest BCUT2D eigenvalue weighted by Gasteiger charge is 2.18. The van der Waals surface area contributed by atoms with E-state index in [9.17, 15) is 9.50 Å². The van der Waals surface area contributed by atoms with Gasteiger partial charge in [-0.15, -0.1) is 11.3 Å². The minimum atomic E-state index is -0.808. The summed E-state index contributed by atoms with van der Waals surface area (Å²) in [5.41, 5.74) is 2.26. The fraction of sp³-hybridized carbons (Fsp3) is 0.100. The largest absolute Gasteiger partial charge is 0.383 e. The second-order valence-electron chi connectivity index (χ2n) is 3.08. The Morgan fingerprint density at radius 3 is 2.69 bits per heavy atom. The molecule has 1 heterocycles. The van der Waals surface area contributed by atoms with Gasteiger partial charge in [0.2, 0.25) is 0 Å². The number of aliphatic hydroxyl groups is 1. The summed E-state index contributed by atoms with van der Waals surface area (Å²) in [6, 6.07) is 4.20. The van der Waals surface area contributed by atoms with E-state index in [4.69, 9.17) is 0 Å². The minimum absolute atomic E-state index is 0.341. The molecule has 2 nitrogen and oxygen atoms in total. The third-order valence-electron chi connectivity index (χ3n) is 2.05. The number of hydrogen-bond acceptors (Lipinski definition) is 3. The molecule has 0 aliphatic heterocycles. The maximum atomic E-state index is 12.9. The maximum Gasteiger partial charge on any atom is 0.124 e. The zero-order chi connectivity index (χ0) is 11.7. The van der Waals surface area contributed by atoms with Crippen molar-refractivity contribution in [2.75, 3.05) is 0 Å². The van der Waals surface area contributed by atoms with Gasteiger partial charge in [-0.3, -0.25) is 0 Å². The summed E-state index contributed by atoms with van der Waals surface area (Å²) in [5, 5.41) is 10.1. The Morgan fingerprint density at radius 2 is 2.12 bits per heavy atom. The lowest BCUT2D eigenvalue weighted by Crippen LogP contribution is -1.99. The maximum absolute atomic E-state index is 12.9. The number of rotatable bonds is 2. The molecule has 0 amide bonds. The van der Waals surface area contributed by atoms with Crippen LogP contribution in [0.3, 0.4) is 0 Å². The monoisotopic (exact) mass is 365 g/mol. The second kappa shape index (κ2) is 4.91. The van der Waals surface area contributed by atoms with Gasteiger partial charge in [0.05, 0.1) is 10.4 Å². The van der Waals surface area contributed by atoms with Crippen LogP contribution in [0, 0.1) is 5.82 Å². The molecule has 1 N–H and O–H groups in total. The lowest BCUT2D eigenvalue weighted by Gasteiger charge is -2.11. The molecule has 0 saturated heterocycles. The van der Waals surface area contributed by atoms with Crippen LogP contribution in [0.15, 0.2) is 32.8 Å². The van der Waals surface area contributed by atoms with Gasteiger partial charge in [0.25, 0.3) is 0 Å². The van der Waals surface area contributed by atoms with Crippen LogP contribution in [0.2, 0.25) is 0 Å². The van der Waals surface area contributed by atoms with E-state index >= 15 is 0 Å². The second-order valence-corrected chi connectivity index (χ2v) is 5.57. The zero-order valence-corrected chi connectivity index (χ0v) is 11.8. The van der Waals surface area contributed by atoms with E-state index in [2.05, 4.69) is 36.8 Å². The van der Waals surface area contributed by atoms with Crippen LogP contribution in [-0.2, 0) is 0 Å². The van der Waals surface area contributed by atoms with Crippen molar-refractivity contribution in [3.8, 4) is 0 Å². The Kier molecular flexibility index (Phi) is 3.73. The number of thiazole rings is 1. The predicted molar refractivity (Wildman–Crippen MR) is 68.0 cm³/mol. The molecule has 0 aliphatic carbocycles. The molecule has 16 heavy (non-hydrogen) atoms. The average molecular weight is 367 g/mol. The van der Waals surface area contributed by atoms with Gasteiger partial charge in [0.15, 0.2) is 0 Å². The van der Waals surface area contributed by atoms with Crippen molar-refractivity contribution in [3.63, 3.8) is 0 Å². The molecule has 1 aromatic carbocycles. The van der Waals surface area contributed by atoms with Crippen molar-refractivity contribution < 1.29 is 9.50 Å². The fourth-order valence-corrected chi connectivity index (χ4v) is 3.26. The van der Waals surface area contributed by atoms with Crippen LogP contribution in [-0.4, -0.2) is 10.1 Å². The summed E-state index contributed by atoms with van der Waals surface area (Å²) in [5.74, 6) is -0.341. The van der Waals surface area contributed by atoms with E-state index in [0.29, 0.717) is 19.5 Å². The highest BCUT2D eigenvalue weighted by molar-refractivity contribution is 9.10. The van der Waals surface area contributed by atoms with E-state index in [1.54, 1.807) is 11.6 Å². The van der Waals surface area contributed by atoms with Crippen LogP contribution < -0.4 is 0 Å². The summed E-state index contributed by atoms with van der Waals surface area (Å²) in [4.78, 5) is 4.70. The van der Waals surface area contributed by atoms with Crippen molar-refractivity contribution in [2.24, 2.45) is 0 Å². The van der Waals surface area contributed by atoms with Crippen LogP contribution >= 0.6 is 43.2 Å². The molecular formula is C10H6Br2FNOS. The number of halogens is 3. The van der Waals surface area contributed by atoms with Gasteiger partial charge in [0.1, 0.15) is 16.5 Å². The van der Waals surface area contributed by atoms with Gasteiger partial charge in [0, 0.05) is 10.0 Å². The molecule has 0 spiro atoms. The van der Waals surface area contributed by atoms with Crippen molar-refractivity contribution in [1.82, 2.24) is 4.98 Å². The van der Waals surface area contributed by atoms with Crippen LogP contribution in [0.5, 0.6) is 0 Å². The van der Waals surface area contributed by atoms with Crippen LogP contribution in [0.1, 0.15) is 16.5 Å². The molecule has 2 aromatic rings. The molecule has 0 fully saturated rings. The van der Waals surface area contributed by atoms with E-state index in [-0.39, 0.29) is 5.82 Å². The fourth-order valence-electron chi connectivity index (χ4n) is 1.28. The molecule has 0 bridgehead atoms. The minimum Gasteiger partial charge on any atom is -0.383 e. The molecule has 1 unspecified atom stereocenters. The normalized spacial score (nSPS) is 12.8. The summed E-state index contributed by atoms with van der Waals surface area (Å²) < 4.78 is 14.1. The number of hydrogen-bond donors (Lipinski definition) is 1. The summed E-state index contributed by atoms with van der Waals surface area (Å²) in [6.45, 7) is 0. The Morgan fingerprint density at radius 1 is 1.38 bits per heavy atom. The molecule has 84 valence electrons. The van der Waals surface area contributed by atoms with Gasteiger partial charge in [-0.1, -0.05) is 22.0 Å². The quantitative estimate of drug-likeness (QED) is 0.874. The van der Waals surface area contributed by atoms with E-state index in [0.717, 1.165) is 0 Å². The molecule has 0 aliphatic rings. The van der Waals surface area contributed by atoms with Gasteiger partial charge < -0.3 is 5.11 Å². The SMILES string of the molecule is OC(c1ccc(F)cc1Br)c1scnc1Br. The lowest BCUT2D eigenvalue weighted by molar-refractivity contribution is 0.222. The molecule has 1 aromatic heterocycles. The average Bonchev–Trinajstić information content (AvgIpc) is 2.63. The number of nitrogens with zero attached hydrogens (tertiary/aromatic N) is 1. The van der Waals surface area contributed by atoms with E-state index in [1.165, 1.54) is 23.5 Å². The van der Waals surface area contributed by atoms with Crippen molar-refractivity contribution >= 4 is 43.2 Å². The molecule has 6 heteroatoms. The first-order chi connectivity index (χ1) is 7.59. The molecule has 0 radical (unpaired) electrons. The van der Waals surface area contributed by atoms with Crippen molar-refractivity contribution in [3.05, 3.63) is 49.0 Å². The van der Waals surface area contributed by atoms with Crippen molar-refractivity contribution in [1.29, 1.82) is 0 Å². The Hall–Kier alpha value is -0.300. The predicted octanol–water partition coefficient (Wildman–Crippen LogP) is 3.89. The van der Waals surface area contributed by atoms with Gasteiger partial charge in [-0.25, -0.2) is 9.37 Å². The van der Waals surface area contributed by atoms with Crippen LogP contribution in [0.25, 0.3) is 0 Å². The van der Waals surface area contributed by atoms with E-state index < -0.39 is 6.10 Å². The van der Waals surface area contributed by atoms with Gasteiger partial charge >= 0.3 is 0 Å². The third kappa shape index (κ3) is 2.34. The number of aliphatic hydroxyl groups excluding tert-OH is 1. The standard InChI is InChI=1S/C10H6Br2FNOS/c11-7-3-5(13)1-2-6(7)8(15)9-10(12)14-4-16-9/h1-4,8,15H. The molecular weight excluding hydrogens is 361 g/mol. The topological polar surface area (TPSA) is 33.1 Å². The highest BCUT2D eigenvalue weighted by atomic mass is 79.9. The third-order valence-corrected chi connectivity index (χ3v) is 4.52. The Labute approximate surface area is 112 Å². The number of benzene rings is 1. The van der Waals surface area contributed by atoms with Gasteiger partial charge in [-0.2, -0.15) is 0 Å². The first-order valence-electron chi connectivity index (χ1n) is 4.31. The van der Waals surface area contributed by atoms with Crippen molar-refractivity contribution in [2.45, 2.75) is 6.10 Å². The summed E-state index contributed by atoms with van der Waals surface area (Å²) in [6.07, 6.45) is -0.808.